The van der Waals surface area contributed by atoms with Crippen molar-refractivity contribution in [2.24, 2.45) is 0 Å². The zero-order valence-electron chi connectivity index (χ0n) is 21.0. The normalized spacial score (nSPS) is 13.3. The van der Waals surface area contributed by atoms with Crippen LogP contribution in [-0.4, -0.2) is 4.57 Å². The molecule has 0 saturated heterocycles. The molecular formula is C32H35N3. The first-order valence-electron chi connectivity index (χ1n) is 12.7. The maximum absolute atomic E-state index is 3.69. The van der Waals surface area contributed by atoms with E-state index in [-0.39, 0.29) is 0 Å². The van der Waals surface area contributed by atoms with Gasteiger partial charge < -0.3 is 15.2 Å². The Bertz CT molecular complexity index is 1300. The van der Waals surface area contributed by atoms with E-state index < -0.39 is 0 Å². The van der Waals surface area contributed by atoms with E-state index in [0.29, 0.717) is 12.1 Å². The molecule has 0 bridgehead atoms. The fraction of sp³-hybridized carbons (Fsp3) is 0.250. The fourth-order valence-electron chi connectivity index (χ4n) is 5.02. The van der Waals surface area contributed by atoms with Crippen LogP contribution in [0.2, 0.25) is 0 Å². The van der Waals surface area contributed by atoms with Gasteiger partial charge in [0.25, 0.3) is 0 Å². The summed E-state index contributed by atoms with van der Waals surface area (Å²) in [7, 11) is 0. The first-order chi connectivity index (χ1) is 17.1. The van der Waals surface area contributed by atoms with Crippen molar-refractivity contribution in [3.63, 3.8) is 0 Å². The van der Waals surface area contributed by atoms with Crippen LogP contribution in [-0.2, 0) is 19.6 Å². The Morgan fingerprint density at radius 3 is 1.43 bits per heavy atom. The summed E-state index contributed by atoms with van der Waals surface area (Å²) < 4.78 is 2.43. The average Bonchev–Trinajstić information content (AvgIpc) is 3.23. The number of fused-ring (bicyclic) bond motifs is 3. The number of aromatic nitrogens is 1. The van der Waals surface area contributed by atoms with Crippen LogP contribution in [0.25, 0.3) is 21.8 Å². The molecule has 3 heteroatoms. The molecule has 2 N–H and O–H groups in total. The van der Waals surface area contributed by atoms with Gasteiger partial charge in [-0.15, -0.1) is 0 Å². The SMILES string of the molecule is CCn1c2ccc(CN[C@H](C)c3ccccc3)cc2c2cc(CN[C@H](C)c3ccccc3)ccc21. The Hall–Kier alpha value is -3.40. The van der Waals surface area contributed by atoms with Gasteiger partial charge in [-0.25, -0.2) is 0 Å². The van der Waals surface area contributed by atoms with Gasteiger partial charge in [-0.05, 0) is 67.3 Å². The van der Waals surface area contributed by atoms with E-state index in [1.807, 2.05) is 0 Å². The van der Waals surface area contributed by atoms with Crippen molar-refractivity contribution in [1.82, 2.24) is 15.2 Å². The molecule has 0 unspecified atom stereocenters. The third kappa shape index (κ3) is 5.02. The predicted molar refractivity (Wildman–Crippen MR) is 149 cm³/mol. The lowest BCUT2D eigenvalue weighted by molar-refractivity contribution is 0.575. The van der Waals surface area contributed by atoms with Crippen molar-refractivity contribution in [3.05, 3.63) is 119 Å². The largest absolute Gasteiger partial charge is 0.341 e. The Labute approximate surface area is 208 Å². The summed E-state index contributed by atoms with van der Waals surface area (Å²) in [5.74, 6) is 0. The molecule has 5 rings (SSSR count). The van der Waals surface area contributed by atoms with Crippen LogP contribution in [0.5, 0.6) is 0 Å². The highest BCUT2D eigenvalue weighted by molar-refractivity contribution is 6.08. The number of nitrogens with zero attached hydrogens (tertiary/aromatic N) is 1. The monoisotopic (exact) mass is 461 g/mol. The number of hydrogen-bond acceptors (Lipinski definition) is 2. The fourth-order valence-corrected chi connectivity index (χ4v) is 5.02. The Morgan fingerprint density at radius 2 is 1.03 bits per heavy atom. The van der Waals surface area contributed by atoms with E-state index in [9.17, 15) is 0 Å². The second-order valence-corrected chi connectivity index (χ2v) is 9.47. The van der Waals surface area contributed by atoms with E-state index in [1.54, 1.807) is 0 Å². The van der Waals surface area contributed by atoms with Crippen molar-refractivity contribution in [3.8, 4) is 0 Å². The van der Waals surface area contributed by atoms with Gasteiger partial charge in [0.1, 0.15) is 0 Å². The molecule has 2 atom stereocenters. The minimum Gasteiger partial charge on any atom is -0.341 e. The van der Waals surface area contributed by atoms with E-state index in [2.05, 4.69) is 133 Å². The highest BCUT2D eigenvalue weighted by Gasteiger charge is 2.12. The summed E-state index contributed by atoms with van der Waals surface area (Å²) in [5, 5.41) is 10.1. The highest BCUT2D eigenvalue weighted by Crippen LogP contribution is 2.31. The van der Waals surface area contributed by atoms with E-state index >= 15 is 0 Å². The van der Waals surface area contributed by atoms with E-state index in [4.69, 9.17) is 0 Å². The molecule has 0 saturated carbocycles. The van der Waals surface area contributed by atoms with Gasteiger partial charge in [0.05, 0.1) is 0 Å². The minimum absolute atomic E-state index is 0.313. The zero-order valence-corrected chi connectivity index (χ0v) is 21.0. The second kappa shape index (κ2) is 10.5. The third-order valence-corrected chi connectivity index (χ3v) is 7.13. The maximum atomic E-state index is 3.69. The van der Waals surface area contributed by atoms with Crippen molar-refractivity contribution in [1.29, 1.82) is 0 Å². The highest BCUT2D eigenvalue weighted by atomic mass is 15.0. The van der Waals surface area contributed by atoms with Crippen molar-refractivity contribution in [2.75, 3.05) is 0 Å². The number of rotatable bonds is 9. The van der Waals surface area contributed by atoms with Crippen LogP contribution in [0, 0.1) is 0 Å². The average molecular weight is 462 g/mol. The molecule has 178 valence electrons. The Morgan fingerprint density at radius 1 is 0.600 bits per heavy atom. The van der Waals surface area contributed by atoms with Gasteiger partial charge in [0.2, 0.25) is 0 Å². The lowest BCUT2D eigenvalue weighted by atomic mass is 10.1. The topological polar surface area (TPSA) is 29.0 Å². The molecule has 0 aliphatic rings. The maximum Gasteiger partial charge on any atom is 0.0491 e. The van der Waals surface area contributed by atoms with Gasteiger partial charge in [0, 0.05) is 53.5 Å². The molecule has 0 amide bonds. The summed E-state index contributed by atoms with van der Waals surface area (Å²) in [5.41, 5.74) is 7.89. The van der Waals surface area contributed by atoms with Crippen LogP contribution in [0.3, 0.4) is 0 Å². The summed E-state index contributed by atoms with van der Waals surface area (Å²) in [6.45, 7) is 9.35. The number of aryl methyl sites for hydroxylation is 1. The molecule has 1 heterocycles. The molecule has 0 aliphatic heterocycles. The Kier molecular flexibility index (Phi) is 6.98. The van der Waals surface area contributed by atoms with E-state index in [0.717, 1.165) is 19.6 Å². The van der Waals surface area contributed by atoms with Gasteiger partial charge >= 0.3 is 0 Å². The minimum atomic E-state index is 0.313. The van der Waals surface area contributed by atoms with Crippen LogP contribution in [0.4, 0.5) is 0 Å². The van der Waals surface area contributed by atoms with Crippen molar-refractivity contribution >= 4 is 21.8 Å². The van der Waals surface area contributed by atoms with Gasteiger partial charge in [-0.3, -0.25) is 0 Å². The molecule has 1 aromatic heterocycles. The summed E-state index contributed by atoms with van der Waals surface area (Å²) in [6.07, 6.45) is 0. The molecule has 4 aromatic carbocycles. The van der Waals surface area contributed by atoms with Gasteiger partial charge in [0.15, 0.2) is 0 Å². The molecule has 0 spiro atoms. The molecule has 0 fully saturated rings. The summed E-state index contributed by atoms with van der Waals surface area (Å²) >= 11 is 0. The molecule has 5 aromatic rings. The summed E-state index contributed by atoms with van der Waals surface area (Å²) in [6, 6.07) is 35.8. The standard InChI is InChI=1S/C32H35N3/c1-4-35-31-17-15-25(21-33-23(2)27-11-7-5-8-12-27)19-29(31)30-20-26(16-18-32(30)35)22-34-24(3)28-13-9-6-10-14-28/h5-20,23-24,33-34H,4,21-22H2,1-3H3/t23-,24-/m1/s1. The van der Waals surface area contributed by atoms with Crippen molar-refractivity contribution < 1.29 is 0 Å². The smallest absolute Gasteiger partial charge is 0.0491 e. The van der Waals surface area contributed by atoms with Crippen molar-refractivity contribution in [2.45, 2.75) is 52.5 Å². The molecule has 35 heavy (non-hydrogen) atoms. The van der Waals surface area contributed by atoms with Crippen LogP contribution in [0.15, 0.2) is 97.1 Å². The van der Waals surface area contributed by atoms with E-state index in [1.165, 1.54) is 44.1 Å². The first-order valence-corrected chi connectivity index (χ1v) is 12.7. The first kappa shape index (κ1) is 23.3. The van der Waals surface area contributed by atoms with Crippen LogP contribution in [0.1, 0.15) is 55.1 Å². The number of hydrogen-bond donors (Lipinski definition) is 2. The third-order valence-electron chi connectivity index (χ3n) is 7.13. The Balaban J connectivity index is 1.39. The number of nitrogens with one attached hydrogen (secondary N) is 2. The van der Waals surface area contributed by atoms with Gasteiger partial charge in [-0.1, -0.05) is 72.8 Å². The second-order valence-electron chi connectivity index (χ2n) is 9.47. The lowest BCUT2D eigenvalue weighted by Crippen LogP contribution is -2.18. The van der Waals surface area contributed by atoms with Gasteiger partial charge in [-0.2, -0.15) is 0 Å². The molecular weight excluding hydrogens is 426 g/mol. The zero-order chi connectivity index (χ0) is 24.2. The summed E-state index contributed by atoms with van der Waals surface area (Å²) in [4.78, 5) is 0. The van der Waals surface area contributed by atoms with Crippen LogP contribution >= 0.6 is 0 Å². The molecule has 3 nitrogen and oxygen atoms in total. The molecule has 0 radical (unpaired) electrons. The van der Waals surface area contributed by atoms with Crippen LogP contribution < -0.4 is 10.6 Å². The number of benzene rings is 4. The lowest BCUT2D eigenvalue weighted by Gasteiger charge is -2.14. The quantitative estimate of drug-likeness (QED) is 0.238. The predicted octanol–water partition coefficient (Wildman–Crippen LogP) is 7.52. The molecule has 0 aliphatic carbocycles.